The quantitative estimate of drug-likeness (QED) is 0.791. The van der Waals surface area contributed by atoms with Crippen LogP contribution in [-0.4, -0.2) is 27.6 Å². The molecule has 126 valence electrons. The van der Waals surface area contributed by atoms with Crippen LogP contribution in [0.4, 0.5) is 11.6 Å². The van der Waals surface area contributed by atoms with Crippen molar-refractivity contribution < 1.29 is 9.32 Å². The van der Waals surface area contributed by atoms with E-state index in [2.05, 4.69) is 31.8 Å². The van der Waals surface area contributed by atoms with Crippen LogP contribution in [-0.2, 0) is 0 Å². The Labute approximate surface area is 140 Å². The summed E-state index contributed by atoms with van der Waals surface area (Å²) in [5.41, 5.74) is 1.78. The van der Waals surface area contributed by atoms with Crippen LogP contribution in [0.3, 0.4) is 0 Å². The van der Waals surface area contributed by atoms with Crippen LogP contribution in [0.5, 0.6) is 0 Å². The Hall–Kier alpha value is -2.70. The molecule has 0 radical (unpaired) electrons. The Morgan fingerprint density at radius 1 is 1.25 bits per heavy atom. The van der Waals surface area contributed by atoms with Crippen molar-refractivity contribution in [2.45, 2.75) is 39.0 Å². The molecule has 3 rings (SSSR count). The molecule has 0 bridgehead atoms. The van der Waals surface area contributed by atoms with Gasteiger partial charge in [0.2, 0.25) is 0 Å². The van der Waals surface area contributed by atoms with Crippen LogP contribution in [0.2, 0.25) is 0 Å². The van der Waals surface area contributed by atoms with Crippen LogP contribution in [0, 0.1) is 6.92 Å². The summed E-state index contributed by atoms with van der Waals surface area (Å²) in [6.45, 7) is 2.56. The van der Waals surface area contributed by atoms with Gasteiger partial charge in [0.05, 0.1) is 0 Å². The minimum Gasteiger partial charge on any atom is -0.370 e. The Kier molecular flexibility index (Phi) is 5.20. The molecule has 0 saturated heterocycles. The van der Waals surface area contributed by atoms with E-state index in [9.17, 15) is 4.79 Å². The van der Waals surface area contributed by atoms with E-state index in [1.807, 2.05) is 0 Å². The molecule has 0 unspecified atom stereocenters. The van der Waals surface area contributed by atoms with Crippen LogP contribution in [0.15, 0.2) is 34.6 Å². The Morgan fingerprint density at radius 3 is 2.92 bits per heavy atom. The number of carbonyl (C=O) groups excluding carboxylic acids is 1. The highest BCUT2D eigenvalue weighted by Crippen LogP contribution is 2.20. The van der Waals surface area contributed by atoms with Crippen LogP contribution in [0.25, 0.3) is 0 Å². The maximum Gasteiger partial charge on any atom is 0.275 e. The van der Waals surface area contributed by atoms with Crippen LogP contribution >= 0.6 is 0 Å². The van der Waals surface area contributed by atoms with E-state index in [-0.39, 0.29) is 11.6 Å². The number of hydrogen-bond acceptors (Lipinski definition) is 6. The highest BCUT2D eigenvalue weighted by Gasteiger charge is 2.11. The summed E-state index contributed by atoms with van der Waals surface area (Å²) >= 11 is 0. The third kappa shape index (κ3) is 4.41. The largest absolute Gasteiger partial charge is 0.370 e. The zero-order valence-electron chi connectivity index (χ0n) is 13.7. The molecule has 2 heterocycles. The lowest BCUT2D eigenvalue weighted by molar-refractivity contribution is 0.102. The van der Waals surface area contributed by atoms with Gasteiger partial charge in [-0.15, -0.1) is 0 Å². The Morgan fingerprint density at radius 2 is 2.17 bits per heavy atom. The molecule has 0 fully saturated rings. The van der Waals surface area contributed by atoms with Crippen LogP contribution < -0.4 is 10.6 Å². The first-order valence-electron chi connectivity index (χ1n) is 8.19. The molecule has 1 aliphatic carbocycles. The minimum absolute atomic E-state index is 0.282. The molecule has 2 N–H and O–H groups in total. The maximum atomic E-state index is 12.2. The molecule has 2 aromatic rings. The van der Waals surface area contributed by atoms with E-state index in [0.717, 1.165) is 13.0 Å². The normalized spacial score (nSPS) is 14.1. The molecule has 1 amide bonds. The van der Waals surface area contributed by atoms with Gasteiger partial charge in [-0.05, 0) is 39.0 Å². The molecule has 0 spiro atoms. The number of carbonyl (C=O) groups is 1. The molecule has 0 aromatic carbocycles. The van der Waals surface area contributed by atoms with Crippen molar-refractivity contribution in [3.05, 3.63) is 41.6 Å². The predicted molar refractivity (Wildman–Crippen MR) is 90.9 cm³/mol. The van der Waals surface area contributed by atoms with Gasteiger partial charge >= 0.3 is 0 Å². The lowest BCUT2D eigenvalue weighted by atomic mass is 9.97. The van der Waals surface area contributed by atoms with Gasteiger partial charge in [-0.25, -0.2) is 9.97 Å². The van der Waals surface area contributed by atoms with E-state index in [1.165, 1.54) is 37.6 Å². The second-order valence-corrected chi connectivity index (χ2v) is 5.85. The van der Waals surface area contributed by atoms with Gasteiger partial charge in [0, 0.05) is 18.7 Å². The third-order valence-electron chi connectivity index (χ3n) is 3.91. The summed E-state index contributed by atoms with van der Waals surface area (Å²) in [6, 6.07) is 3.29. The van der Waals surface area contributed by atoms with E-state index in [1.54, 1.807) is 19.1 Å². The average molecular weight is 327 g/mol. The molecule has 1 aliphatic rings. The number of aromatic nitrogens is 3. The molecule has 0 atom stereocenters. The third-order valence-corrected chi connectivity index (χ3v) is 3.91. The first-order valence-corrected chi connectivity index (χ1v) is 8.19. The number of nitrogens with one attached hydrogen (secondary N) is 2. The fraction of sp³-hybridized carbons (Fsp3) is 0.412. The standard InChI is InChI=1S/C17H21N5O2/c1-12-9-16(22-24-12)21-17(23)14-10-15(20-11-19-14)18-8-7-13-5-3-2-4-6-13/h5,9-11H,2-4,6-8H2,1H3,(H,18,19,20)(H,21,22,23). The van der Waals surface area contributed by atoms with Crippen molar-refractivity contribution in [1.82, 2.24) is 15.1 Å². The van der Waals surface area contributed by atoms with E-state index < -0.39 is 0 Å². The van der Waals surface area contributed by atoms with Crippen molar-refractivity contribution >= 4 is 17.5 Å². The molecular weight excluding hydrogens is 306 g/mol. The lowest BCUT2D eigenvalue weighted by Crippen LogP contribution is -2.15. The number of allylic oxidation sites excluding steroid dienone is 1. The first kappa shape index (κ1) is 16.2. The monoisotopic (exact) mass is 327 g/mol. The van der Waals surface area contributed by atoms with Crippen molar-refractivity contribution in [2.75, 3.05) is 17.2 Å². The summed E-state index contributed by atoms with van der Waals surface area (Å²) in [5.74, 6) is 1.30. The zero-order valence-corrected chi connectivity index (χ0v) is 13.7. The molecule has 0 aliphatic heterocycles. The smallest absolute Gasteiger partial charge is 0.275 e. The number of anilines is 2. The second-order valence-electron chi connectivity index (χ2n) is 5.85. The fourth-order valence-corrected chi connectivity index (χ4v) is 2.67. The lowest BCUT2D eigenvalue weighted by Gasteiger charge is -2.13. The van der Waals surface area contributed by atoms with Gasteiger partial charge in [-0.2, -0.15) is 0 Å². The predicted octanol–water partition coefficient (Wildman–Crippen LogP) is 3.33. The molecule has 2 aromatic heterocycles. The van der Waals surface area contributed by atoms with Crippen molar-refractivity contribution in [3.8, 4) is 0 Å². The number of hydrogen-bond donors (Lipinski definition) is 2. The molecule has 7 nitrogen and oxygen atoms in total. The van der Waals surface area contributed by atoms with Crippen molar-refractivity contribution in [2.24, 2.45) is 0 Å². The second kappa shape index (κ2) is 7.72. The molecule has 7 heteroatoms. The Bertz CT molecular complexity index is 738. The highest BCUT2D eigenvalue weighted by molar-refractivity contribution is 6.02. The maximum absolute atomic E-state index is 12.2. The Balaban J connectivity index is 1.55. The first-order chi connectivity index (χ1) is 11.7. The van der Waals surface area contributed by atoms with Gasteiger partial charge in [-0.1, -0.05) is 16.8 Å². The number of rotatable bonds is 6. The summed E-state index contributed by atoms with van der Waals surface area (Å²) in [4.78, 5) is 20.3. The van der Waals surface area contributed by atoms with E-state index >= 15 is 0 Å². The summed E-state index contributed by atoms with van der Waals surface area (Å²) in [5, 5.41) is 9.63. The van der Waals surface area contributed by atoms with Gasteiger partial charge in [0.25, 0.3) is 5.91 Å². The summed E-state index contributed by atoms with van der Waals surface area (Å²) in [6.07, 6.45) is 9.68. The molecule has 24 heavy (non-hydrogen) atoms. The van der Waals surface area contributed by atoms with Gasteiger partial charge in [-0.3, -0.25) is 4.79 Å². The SMILES string of the molecule is Cc1cc(NC(=O)c2cc(NCCC3=CCCCC3)ncn2)no1. The van der Waals surface area contributed by atoms with Gasteiger partial charge in [0.1, 0.15) is 23.6 Å². The van der Waals surface area contributed by atoms with Crippen molar-refractivity contribution in [3.63, 3.8) is 0 Å². The van der Waals surface area contributed by atoms with Gasteiger partial charge in [0.15, 0.2) is 5.82 Å². The minimum atomic E-state index is -0.344. The number of nitrogens with zero attached hydrogens (tertiary/aromatic N) is 3. The number of amides is 1. The summed E-state index contributed by atoms with van der Waals surface area (Å²) < 4.78 is 4.92. The van der Waals surface area contributed by atoms with E-state index in [0.29, 0.717) is 17.4 Å². The fourth-order valence-electron chi connectivity index (χ4n) is 2.67. The van der Waals surface area contributed by atoms with E-state index in [4.69, 9.17) is 4.52 Å². The highest BCUT2D eigenvalue weighted by atomic mass is 16.5. The van der Waals surface area contributed by atoms with Crippen molar-refractivity contribution in [1.29, 1.82) is 0 Å². The van der Waals surface area contributed by atoms with Crippen LogP contribution in [0.1, 0.15) is 48.4 Å². The van der Waals surface area contributed by atoms with Gasteiger partial charge < -0.3 is 15.2 Å². The zero-order chi connectivity index (χ0) is 16.8. The molecule has 0 saturated carbocycles. The topological polar surface area (TPSA) is 92.9 Å². The summed E-state index contributed by atoms with van der Waals surface area (Å²) in [7, 11) is 0. The molecular formula is C17H21N5O2. The number of aryl methyl sites for hydroxylation is 1. The average Bonchev–Trinajstić information content (AvgIpc) is 3.01.